The quantitative estimate of drug-likeness (QED) is 0.823. The van der Waals surface area contributed by atoms with Crippen LogP contribution in [-0.4, -0.2) is 47.4 Å². The molecule has 0 bridgehead atoms. The van der Waals surface area contributed by atoms with Gasteiger partial charge in [0.15, 0.2) is 11.5 Å². The highest BCUT2D eigenvalue weighted by Gasteiger charge is 2.18. The maximum absolute atomic E-state index is 11.6. The predicted molar refractivity (Wildman–Crippen MR) is 88.1 cm³/mol. The summed E-state index contributed by atoms with van der Waals surface area (Å²) < 4.78 is 31.2. The minimum absolute atomic E-state index is 0.232. The van der Waals surface area contributed by atoms with Crippen molar-refractivity contribution in [3.8, 4) is 11.4 Å². The number of carbonyl (C=O) groups is 1. The largest absolute Gasteiger partial charge is 0.450 e. The molecule has 0 aliphatic rings. The number of anilines is 2. The third-order valence-corrected chi connectivity index (χ3v) is 3.54. The van der Waals surface area contributed by atoms with Crippen LogP contribution in [0.5, 0.6) is 0 Å². The molecule has 2 heterocycles. The lowest BCUT2D eigenvalue weighted by Crippen LogP contribution is -2.16. The van der Waals surface area contributed by atoms with E-state index in [2.05, 4.69) is 25.3 Å². The van der Waals surface area contributed by atoms with E-state index in [-0.39, 0.29) is 6.61 Å². The summed E-state index contributed by atoms with van der Waals surface area (Å²) in [5.74, 6) is 0.323. The Kier molecular flexibility index (Phi) is 5.02. The van der Waals surface area contributed by atoms with Gasteiger partial charge >= 0.3 is 6.09 Å². The van der Waals surface area contributed by atoms with Gasteiger partial charge < -0.3 is 4.74 Å². The standard InChI is InChI=1S/C13H18N6O4S/c1-5-23-13(20)15-12-11(16-18-19(12)3)10-7-6-9(8(2)14-10)17-24(4,21)22/h6-7,17H,5H2,1-4H3,(H,15,20). The van der Waals surface area contributed by atoms with Crippen molar-refractivity contribution in [2.24, 2.45) is 7.05 Å². The van der Waals surface area contributed by atoms with E-state index in [9.17, 15) is 13.2 Å². The number of nitrogens with zero attached hydrogens (tertiary/aromatic N) is 4. The number of carbonyl (C=O) groups excluding carboxylic acids is 1. The Morgan fingerprint density at radius 3 is 2.67 bits per heavy atom. The van der Waals surface area contributed by atoms with Crippen molar-refractivity contribution in [1.82, 2.24) is 20.0 Å². The molecular formula is C13H18N6O4S. The fraction of sp³-hybridized carbons (Fsp3) is 0.385. The molecule has 0 aliphatic carbocycles. The van der Waals surface area contributed by atoms with Gasteiger partial charge in [0.05, 0.1) is 29.9 Å². The number of nitrogens with one attached hydrogen (secondary N) is 2. The first-order valence-corrected chi connectivity index (χ1v) is 8.89. The molecule has 0 radical (unpaired) electrons. The number of ether oxygens (including phenoxy) is 1. The molecule has 11 heteroatoms. The molecule has 0 saturated heterocycles. The first kappa shape index (κ1) is 17.7. The molecule has 10 nitrogen and oxygen atoms in total. The van der Waals surface area contributed by atoms with E-state index in [4.69, 9.17) is 4.74 Å². The van der Waals surface area contributed by atoms with E-state index in [0.717, 1.165) is 6.26 Å². The lowest BCUT2D eigenvalue weighted by Gasteiger charge is -2.09. The van der Waals surface area contributed by atoms with Gasteiger partial charge in [0.2, 0.25) is 10.0 Å². The second kappa shape index (κ2) is 6.83. The minimum atomic E-state index is -3.40. The number of hydrogen-bond acceptors (Lipinski definition) is 7. The number of aromatic nitrogens is 4. The average molecular weight is 354 g/mol. The fourth-order valence-corrected chi connectivity index (χ4v) is 2.55. The summed E-state index contributed by atoms with van der Waals surface area (Å²) in [5.41, 5.74) is 1.61. The molecule has 0 saturated carbocycles. The number of hydrogen-bond donors (Lipinski definition) is 2. The number of aryl methyl sites for hydroxylation is 2. The normalized spacial score (nSPS) is 11.2. The van der Waals surface area contributed by atoms with Crippen LogP contribution < -0.4 is 10.0 Å². The summed E-state index contributed by atoms with van der Waals surface area (Å²) in [7, 11) is -1.78. The summed E-state index contributed by atoms with van der Waals surface area (Å²) >= 11 is 0. The van der Waals surface area contributed by atoms with Crippen molar-refractivity contribution in [3.05, 3.63) is 17.8 Å². The monoisotopic (exact) mass is 354 g/mol. The maximum atomic E-state index is 11.6. The highest BCUT2D eigenvalue weighted by Crippen LogP contribution is 2.26. The van der Waals surface area contributed by atoms with Crippen LogP contribution in [0.25, 0.3) is 11.4 Å². The molecule has 2 rings (SSSR count). The molecule has 2 aromatic heterocycles. The van der Waals surface area contributed by atoms with E-state index in [0.29, 0.717) is 28.6 Å². The van der Waals surface area contributed by atoms with Crippen molar-refractivity contribution in [1.29, 1.82) is 0 Å². The molecule has 130 valence electrons. The summed E-state index contributed by atoms with van der Waals surface area (Å²) in [6.07, 6.45) is 0.431. The van der Waals surface area contributed by atoms with Crippen molar-refractivity contribution in [2.75, 3.05) is 22.9 Å². The van der Waals surface area contributed by atoms with Gasteiger partial charge in [-0.2, -0.15) is 0 Å². The molecule has 0 fully saturated rings. The molecule has 2 N–H and O–H groups in total. The Labute approximate surface area is 139 Å². The molecule has 0 atom stereocenters. The zero-order valence-electron chi connectivity index (χ0n) is 13.7. The summed E-state index contributed by atoms with van der Waals surface area (Å²) in [5, 5.41) is 10.4. The zero-order chi connectivity index (χ0) is 17.9. The van der Waals surface area contributed by atoms with E-state index >= 15 is 0 Å². The van der Waals surface area contributed by atoms with Crippen LogP contribution in [0.2, 0.25) is 0 Å². The van der Waals surface area contributed by atoms with Gasteiger partial charge in [0.1, 0.15) is 0 Å². The number of amides is 1. The third-order valence-electron chi connectivity index (χ3n) is 2.95. The van der Waals surface area contributed by atoms with E-state index in [1.54, 1.807) is 33.0 Å². The van der Waals surface area contributed by atoms with Crippen molar-refractivity contribution in [3.63, 3.8) is 0 Å². The van der Waals surface area contributed by atoms with Gasteiger partial charge in [-0.1, -0.05) is 5.21 Å². The van der Waals surface area contributed by atoms with Gasteiger partial charge in [-0.3, -0.25) is 10.0 Å². The van der Waals surface area contributed by atoms with E-state index in [1.807, 2.05) is 0 Å². The lowest BCUT2D eigenvalue weighted by atomic mass is 10.2. The molecule has 2 aromatic rings. The predicted octanol–water partition coefficient (Wildman–Crippen LogP) is 1.13. The Morgan fingerprint density at radius 2 is 2.08 bits per heavy atom. The molecule has 0 aliphatic heterocycles. The highest BCUT2D eigenvalue weighted by molar-refractivity contribution is 7.92. The Balaban J connectivity index is 2.36. The van der Waals surface area contributed by atoms with Crippen LogP contribution in [0.15, 0.2) is 12.1 Å². The second-order valence-corrected chi connectivity index (χ2v) is 6.71. The van der Waals surface area contributed by atoms with E-state index in [1.165, 1.54) is 4.68 Å². The number of pyridine rings is 1. The van der Waals surface area contributed by atoms with Gasteiger partial charge in [-0.05, 0) is 26.0 Å². The average Bonchev–Trinajstić information content (AvgIpc) is 2.81. The van der Waals surface area contributed by atoms with Crippen molar-refractivity contribution < 1.29 is 17.9 Å². The zero-order valence-corrected chi connectivity index (χ0v) is 14.5. The van der Waals surface area contributed by atoms with Crippen molar-refractivity contribution in [2.45, 2.75) is 13.8 Å². The summed E-state index contributed by atoms with van der Waals surface area (Å²) in [4.78, 5) is 15.9. The van der Waals surface area contributed by atoms with Crippen LogP contribution in [-0.2, 0) is 21.8 Å². The maximum Gasteiger partial charge on any atom is 0.412 e. The highest BCUT2D eigenvalue weighted by atomic mass is 32.2. The number of sulfonamides is 1. The summed E-state index contributed by atoms with van der Waals surface area (Å²) in [6, 6.07) is 3.16. The van der Waals surface area contributed by atoms with Crippen LogP contribution in [0.4, 0.5) is 16.3 Å². The van der Waals surface area contributed by atoms with Crippen LogP contribution in [0.3, 0.4) is 0 Å². The Hall–Kier alpha value is -2.69. The lowest BCUT2D eigenvalue weighted by molar-refractivity contribution is 0.167. The van der Waals surface area contributed by atoms with Crippen LogP contribution in [0.1, 0.15) is 12.6 Å². The Morgan fingerprint density at radius 1 is 1.38 bits per heavy atom. The van der Waals surface area contributed by atoms with Gasteiger partial charge in [0.25, 0.3) is 0 Å². The number of rotatable bonds is 5. The van der Waals surface area contributed by atoms with Gasteiger partial charge in [-0.15, -0.1) is 5.10 Å². The van der Waals surface area contributed by atoms with Gasteiger partial charge in [0, 0.05) is 7.05 Å². The molecule has 1 amide bonds. The van der Waals surface area contributed by atoms with Crippen LogP contribution in [0, 0.1) is 6.92 Å². The fourth-order valence-electron chi connectivity index (χ4n) is 1.93. The van der Waals surface area contributed by atoms with E-state index < -0.39 is 16.1 Å². The Bertz CT molecular complexity index is 861. The van der Waals surface area contributed by atoms with Crippen molar-refractivity contribution >= 4 is 27.6 Å². The molecule has 0 aromatic carbocycles. The summed E-state index contributed by atoms with van der Waals surface area (Å²) in [6.45, 7) is 3.59. The molecular weight excluding hydrogens is 336 g/mol. The first-order chi connectivity index (χ1) is 11.2. The smallest absolute Gasteiger partial charge is 0.412 e. The first-order valence-electron chi connectivity index (χ1n) is 7.00. The third kappa shape index (κ3) is 4.19. The van der Waals surface area contributed by atoms with Crippen LogP contribution >= 0.6 is 0 Å². The second-order valence-electron chi connectivity index (χ2n) is 4.96. The SMILES string of the molecule is CCOC(=O)Nc1c(-c2ccc(NS(C)(=O)=O)c(C)n2)nnn1C. The molecule has 0 spiro atoms. The topological polar surface area (TPSA) is 128 Å². The van der Waals surface area contributed by atoms with Gasteiger partial charge in [-0.25, -0.2) is 22.9 Å². The molecule has 0 unspecified atom stereocenters. The minimum Gasteiger partial charge on any atom is -0.450 e. The molecule has 24 heavy (non-hydrogen) atoms.